The predicted octanol–water partition coefficient (Wildman–Crippen LogP) is 3.67. The standard InChI is InChI=1S/C13H17BrO2/c14-10-12(11-6-2-1-3-7-11)16-13-8-4-5-9-15-13/h1-3,6-7,12-13H,4-5,8-10H2. The molecule has 2 atom stereocenters. The molecule has 2 unspecified atom stereocenters. The lowest BCUT2D eigenvalue weighted by Crippen LogP contribution is -2.25. The van der Waals surface area contributed by atoms with Gasteiger partial charge in [0.15, 0.2) is 6.29 Å². The summed E-state index contributed by atoms with van der Waals surface area (Å²) in [6.07, 6.45) is 3.43. The van der Waals surface area contributed by atoms with E-state index in [1.165, 1.54) is 12.0 Å². The molecule has 0 aliphatic carbocycles. The molecule has 1 aromatic carbocycles. The maximum atomic E-state index is 5.96. The van der Waals surface area contributed by atoms with E-state index in [0.717, 1.165) is 24.8 Å². The molecule has 0 radical (unpaired) electrons. The number of hydrogen-bond donors (Lipinski definition) is 0. The summed E-state index contributed by atoms with van der Waals surface area (Å²) in [4.78, 5) is 0. The zero-order valence-electron chi connectivity index (χ0n) is 9.27. The van der Waals surface area contributed by atoms with Crippen LogP contribution in [0.25, 0.3) is 0 Å². The van der Waals surface area contributed by atoms with Gasteiger partial charge >= 0.3 is 0 Å². The van der Waals surface area contributed by atoms with Gasteiger partial charge in [-0.3, -0.25) is 0 Å². The first-order valence-electron chi connectivity index (χ1n) is 5.78. The second kappa shape index (κ2) is 6.38. The van der Waals surface area contributed by atoms with E-state index in [-0.39, 0.29) is 12.4 Å². The van der Waals surface area contributed by atoms with Crippen molar-refractivity contribution < 1.29 is 9.47 Å². The van der Waals surface area contributed by atoms with Gasteiger partial charge in [0.2, 0.25) is 0 Å². The number of halogens is 1. The molecule has 1 aliphatic rings. The van der Waals surface area contributed by atoms with Crippen LogP contribution in [0.1, 0.15) is 30.9 Å². The van der Waals surface area contributed by atoms with Crippen molar-refractivity contribution in [1.82, 2.24) is 0 Å². The Hall–Kier alpha value is -0.380. The minimum Gasteiger partial charge on any atom is -0.353 e. The lowest BCUT2D eigenvalue weighted by atomic mass is 10.1. The van der Waals surface area contributed by atoms with Crippen molar-refractivity contribution in [2.24, 2.45) is 0 Å². The van der Waals surface area contributed by atoms with Crippen LogP contribution in [0.15, 0.2) is 30.3 Å². The van der Waals surface area contributed by atoms with Crippen LogP contribution in [0.2, 0.25) is 0 Å². The lowest BCUT2D eigenvalue weighted by Gasteiger charge is -2.27. The van der Waals surface area contributed by atoms with E-state index in [1.807, 2.05) is 18.2 Å². The smallest absolute Gasteiger partial charge is 0.158 e. The minimum absolute atomic E-state index is 0.0310. The van der Waals surface area contributed by atoms with Gasteiger partial charge in [-0.1, -0.05) is 46.3 Å². The topological polar surface area (TPSA) is 18.5 Å². The Morgan fingerprint density at radius 3 is 2.75 bits per heavy atom. The fourth-order valence-corrected chi connectivity index (χ4v) is 2.40. The first kappa shape index (κ1) is 12.1. The van der Waals surface area contributed by atoms with Crippen molar-refractivity contribution in [2.75, 3.05) is 11.9 Å². The molecule has 1 saturated heterocycles. The van der Waals surface area contributed by atoms with Gasteiger partial charge in [-0.05, 0) is 24.8 Å². The normalized spacial score (nSPS) is 22.9. The molecule has 0 saturated carbocycles. The Morgan fingerprint density at radius 2 is 2.12 bits per heavy atom. The highest BCUT2D eigenvalue weighted by atomic mass is 79.9. The Morgan fingerprint density at radius 1 is 1.31 bits per heavy atom. The van der Waals surface area contributed by atoms with Crippen LogP contribution in [0.3, 0.4) is 0 Å². The third-order valence-electron chi connectivity index (χ3n) is 2.77. The highest BCUT2D eigenvalue weighted by Crippen LogP contribution is 2.25. The van der Waals surface area contributed by atoms with Gasteiger partial charge < -0.3 is 9.47 Å². The average Bonchev–Trinajstić information content (AvgIpc) is 2.38. The van der Waals surface area contributed by atoms with Crippen molar-refractivity contribution in [1.29, 1.82) is 0 Å². The average molecular weight is 285 g/mol. The molecule has 1 heterocycles. The maximum absolute atomic E-state index is 5.96. The Labute approximate surface area is 105 Å². The van der Waals surface area contributed by atoms with Crippen molar-refractivity contribution in [3.05, 3.63) is 35.9 Å². The van der Waals surface area contributed by atoms with Gasteiger partial charge in [0.1, 0.15) is 0 Å². The number of ether oxygens (including phenoxy) is 2. The van der Waals surface area contributed by atoms with Crippen molar-refractivity contribution in [3.63, 3.8) is 0 Å². The zero-order valence-corrected chi connectivity index (χ0v) is 10.9. The number of alkyl halides is 1. The molecule has 0 amide bonds. The van der Waals surface area contributed by atoms with Crippen LogP contribution in [-0.4, -0.2) is 18.2 Å². The number of rotatable bonds is 4. The summed E-state index contributed by atoms with van der Waals surface area (Å²) in [7, 11) is 0. The second-order valence-corrected chi connectivity index (χ2v) is 4.63. The van der Waals surface area contributed by atoms with E-state index in [9.17, 15) is 0 Å². The van der Waals surface area contributed by atoms with Crippen molar-refractivity contribution >= 4 is 15.9 Å². The monoisotopic (exact) mass is 284 g/mol. The molecule has 0 spiro atoms. The molecular formula is C13H17BrO2. The number of hydrogen-bond acceptors (Lipinski definition) is 2. The van der Waals surface area contributed by atoms with Crippen molar-refractivity contribution in [3.8, 4) is 0 Å². The summed E-state index contributed by atoms with van der Waals surface area (Å²) in [5.74, 6) is 0. The number of benzene rings is 1. The Kier molecular flexibility index (Phi) is 4.82. The molecule has 1 aromatic rings. The Balaban J connectivity index is 1.94. The van der Waals surface area contributed by atoms with E-state index in [0.29, 0.717) is 0 Å². The molecular weight excluding hydrogens is 268 g/mol. The van der Waals surface area contributed by atoms with Gasteiger partial charge in [0, 0.05) is 11.9 Å². The third-order valence-corrected chi connectivity index (χ3v) is 3.35. The predicted molar refractivity (Wildman–Crippen MR) is 67.7 cm³/mol. The minimum atomic E-state index is -0.0310. The van der Waals surface area contributed by atoms with E-state index in [2.05, 4.69) is 28.1 Å². The summed E-state index contributed by atoms with van der Waals surface area (Å²) < 4.78 is 11.5. The van der Waals surface area contributed by atoms with E-state index in [1.54, 1.807) is 0 Å². The first-order chi connectivity index (χ1) is 7.90. The van der Waals surface area contributed by atoms with Crippen LogP contribution in [-0.2, 0) is 9.47 Å². The Bertz CT molecular complexity index is 296. The first-order valence-corrected chi connectivity index (χ1v) is 6.90. The molecule has 16 heavy (non-hydrogen) atoms. The van der Waals surface area contributed by atoms with Gasteiger partial charge in [-0.25, -0.2) is 0 Å². The highest BCUT2D eigenvalue weighted by molar-refractivity contribution is 9.09. The molecule has 2 nitrogen and oxygen atoms in total. The summed E-state index contributed by atoms with van der Waals surface area (Å²) >= 11 is 3.50. The van der Waals surface area contributed by atoms with Crippen LogP contribution in [0.4, 0.5) is 0 Å². The second-order valence-electron chi connectivity index (χ2n) is 3.99. The van der Waals surface area contributed by atoms with Crippen LogP contribution in [0.5, 0.6) is 0 Å². The van der Waals surface area contributed by atoms with Crippen LogP contribution in [0, 0.1) is 0 Å². The van der Waals surface area contributed by atoms with E-state index in [4.69, 9.17) is 9.47 Å². The summed E-state index contributed by atoms with van der Waals surface area (Å²) in [5, 5.41) is 0.802. The van der Waals surface area contributed by atoms with Gasteiger partial charge in [-0.2, -0.15) is 0 Å². The molecule has 1 fully saturated rings. The quantitative estimate of drug-likeness (QED) is 0.786. The van der Waals surface area contributed by atoms with E-state index < -0.39 is 0 Å². The zero-order chi connectivity index (χ0) is 11.2. The summed E-state index contributed by atoms with van der Waals surface area (Å²) in [5.41, 5.74) is 1.20. The van der Waals surface area contributed by atoms with Gasteiger partial charge in [-0.15, -0.1) is 0 Å². The van der Waals surface area contributed by atoms with E-state index >= 15 is 0 Å². The van der Waals surface area contributed by atoms with Crippen molar-refractivity contribution in [2.45, 2.75) is 31.7 Å². The molecule has 0 bridgehead atoms. The fourth-order valence-electron chi connectivity index (χ4n) is 1.87. The molecule has 1 aliphatic heterocycles. The van der Waals surface area contributed by atoms with Gasteiger partial charge in [0.05, 0.1) is 6.10 Å². The molecule has 3 heteroatoms. The largest absolute Gasteiger partial charge is 0.353 e. The third kappa shape index (κ3) is 3.30. The molecule has 0 aromatic heterocycles. The van der Waals surface area contributed by atoms with Crippen LogP contribution < -0.4 is 0 Å². The summed E-state index contributed by atoms with van der Waals surface area (Å²) in [6.45, 7) is 0.828. The van der Waals surface area contributed by atoms with Crippen LogP contribution >= 0.6 is 15.9 Å². The van der Waals surface area contributed by atoms with Gasteiger partial charge in [0.25, 0.3) is 0 Å². The molecule has 88 valence electrons. The molecule has 2 rings (SSSR count). The summed E-state index contributed by atoms with van der Waals surface area (Å²) in [6, 6.07) is 10.3. The fraction of sp³-hybridized carbons (Fsp3) is 0.538. The SMILES string of the molecule is BrCC(OC1CCCCO1)c1ccccc1. The molecule has 0 N–H and O–H groups in total. The lowest BCUT2D eigenvalue weighted by molar-refractivity contribution is -0.184. The highest BCUT2D eigenvalue weighted by Gasteiger charge is 2.20. The maximum Gasteiger partial charge on any atom is 0.158 e.